The van der Waals surface area contributed by atoms with Crippen molar-refractivity contribution in [1.29, 1.82) is 0 Å². The molecule has 3 rings (SSSR count). The van der Waals surface area contributed by atoms with Gasteiger partial charge in [-0.3, -0.25) is 4.72 Å². The van der Waals surface area contributed by atoms with E-state index in [9.17, 15) is 12.8 Å². The van der Waals surface area contributed by atoms with E-state index < -0.39 is 15.8 Å². The fourth-order valence-corrected chi connectivity index (χ4v) is 3.55. The molecule has 0 atom stereocenters. The van der Waals surface area contributed by atoms with Crippen LogP contribution in [0.2, 0.25) is 0 Å². The Labute approximate surface area is 145 Å². The van der Waals surface area contributed by atoms with Crippen LogP contribution < -0.4 is 4.72 Å². The average Bonchev–Trinajstić information content (AvgIpc) is 2.92. The third kappa shape index (κ3) is 3.51. The lowest BCUT2D eigenvalue weighted by Crippen LogP contribution is -2.14. The summed E-state index contributed by atoms with van der Waals surface area (Å²) in [6, 6.07) is 8.72. The van der Waals surface area contributed by atoms with Crippen molar-refractivity contribution in [3.05, 3.63) is 53.7 Å². The maximum atomic E-state index is 13.9. The minimum atomic E-state index is -4.04. The van der Waals surface area contributed by atoms with Gasteiger partial charge in [0.25, 0.3) is 10.0 Å². The number of halogens is 1. The van der Waals surface area contributed by atoms with Crippen molar-refractivity contribution in [2.45, 2.75) is 38.0 Å². The van der Waals surface area contributed by atoms with Crippen LogP contribution in [0.1, 0.15) is 32.2 Å². The second kappa shape index (κ2) is 5.84. The second-order valence-electron chi connectivity index (χ2n) is 6.99. The van der Waals surface area contributed by atoms with E-state index in [1.54, 1.807) is 25.1 Å². The van der Waals surface area contributed by atoms with Gasteiger partial charge in [0.2, 0.25) is 5.89 Å². The van der Waals surface area contributed by atoms with Gasteiger partial charge < -0.3 is 4.42 Å². The van der Waals surface area contributed by atoms with Crippen molar-refractivity contribution in [1.82, 2.24) is 4.98 Å². The summed E-state index contributed by atoms with van der Waals surface area (Å²) in [7, 11) is -4.04. The van der Waals surface area contributed by atoms with Gasteiger partial charge in [0.15, 0.2) is 5.58 Å². The number of hydrogen-bond acceptors (Lipinski definition) is 4. The summed E-state index contributed by atoms with van der Waals surface area (Å²) < 4.78 is 47.0. The fourth-order valence-electron chi connectivity index (χ4n) is 2.34. The molecular formula is C18H19FN2O3S. The number of hydrogen-bond donors (Lipinski definition) is 1. The number of rotatable bonds is 3. The zero-order chi connectivity index (χ0) is 18.4. The molecule has 1 heterocycles. The van der Waals surface area contributed by atoms with E-state index >= 15 is 0 Å². The van der Waals surface area contributed by atoms with Crippen molar-refractivity contribution in [3.8, 4) is 0 Å². The molecule has 0 spiro atoms. The number of anilines is 1. The van der Waals surface area contributed by atoms with E-state index in [1.165, 1.54) is 12.1 Å². The van der Waals surface area contributed by atoms with Gasteiger partial charge in [0.1, 0.15) is 16.2 Å². The Morgan fingerprint density at radius 3 is 2.52 bits per heavy atom. The molecule has 7 heteroatoms. The van der Waals surface area contributed by atoms with E-state index in [0.717, 1.165) is 6.07 Å². The lowest BCUT2D eigenvalue weighted by Gasteiger charge is -2.11. The van der Waals surface area contributed by atoms with Crippen molar-refractivity contribution in [2.24, 2.45) is 0 Å². The largest absolute Gasteiger partial charge is 0.440 e. The van der Waals surface area contributed by atoms with Gasteiger partial charge in [-0.1, -0.05) is 26.8 Å². The first-order chi connectivity index (χ1) is 11.6. The molecule has 0 bridgehead atoms. The molecule has 0 fully saturated rings. The molecule has 0 aliphatic heterocycles. The van der Waals surface area contributed by atoms with E-state index in [4.69, 9.17) is 4.42 Å². The maximum Gasteiger partial charge on any atom is 0.264 e. The van der Waals surface area contributed by atoms with Gasteiger partial charge in [0.05, 0.1) is 5.69 Å². The highest BCUT2D eigenvalue weighted by molar-refractivity contribution is 7.92. The molecule has 25 heavy (non-hydrogen) atoms. The molecule has 5 nitrogen and oxygen atoms in total. The van der Waals surface area contributed by atoms with Crippen LogP contribution in [0, 0.1) is 12.7 Å². The van der Waals surface area contributed by atoms with Crippen LogP contribution in [0.5, 0.6) is 0 Å². The fraction of sp³-hybridized carbons (Fsp3) is 0.278. The number of nitrogens with zero attached hydrogens (tertiary/aromatic N) is 1. The molecule has 1 N–H and O–H groups in total. The summed E-state index contributed by atoms with van der Waals surface area (Å²) in [5.74, 6) is -0.233. The third-order valence-corrected chi connectivity index (χ3v) is 5.05. The smallest absolute Gasteiger partial charge is 0.264 e. The number of aromatic nitrogens is 1. The maximum absolute atomic E-state index is 13.9. The van der Waals surface area contributed by atoms with E-state index in [-0.39, 0.29) is 10.3 Å². The molecule has 0 amide bonds. The minimum absolute atomic E-state index is 0.261. The average molecular weight is 362 g/mol. The molecule has 3 aromatic rings. The summed E-state index contributed by atoms with van der Waals surface area (Å²) in [6.45, 7) is 7.62. The zero-order valence-corrected chi connectivity index (χ0v) is 15.2. The molecule has 0 saturated carbocycles. The molecular weight excluding hydrogens is 343 g/mol. The molecule has 0 aliphatic rings. The highest BCUT2D eigenvalue weighted by atomic mass is 32.2. The van der Waals surface area contributed by atoms with Crippen LogP contribution in [0.4, 0.5) is 10.1 Å². The SMILES string of the molecule is Cc1ccc(F)c(S(=O)(=O)Nc2ccc3oc(C(C)(C)C)nc3c2)c1. The van der Waals surface area contributed by atoms with Crippen LogP contribution in [0.15, 0.2) is 45.7 Å². The number of fused-ring (bicyclic) bond motifs is 1. The Hall–Kier alpha value is -2.41. The first-order valence-electron chi connectivity index (χ1n) is 7.76. The molecule has 1 aromatic heterocycles. The Kier molecular flexibility index (Phi) is 4.07. The number of sulfonamides is 1. The van der Waals surface area contributed by atoms with Crippen LogP contribution in [0.3, 0.4) is 0 Å². The Morgan fingerprint density at radius 2 is 1.84 bits per heavy atom. The molecule has 0 unspecified atom stereocenters. The lowest BCUT2D eigenvalue weighted by molar-refractivity contribution is 0.411. The Balaban J connectivity index is 1.98. The van der Waals surface area contributed by atoms with Gasteiger partial charge in [-0.25, -0.2) is 17.8 Å². The number of nitrogens with one attached hydrogen (secondary N) is 1. The molecule has 0 aliphatic carbocycles. The minimum Gasteiger partial charge on any atom is -0.440 e. The van der Waals surface area contributed by atoms with E-state index in [0.29, 0.717) is 28.2 Å². The summed E-state index contributed by atoms with van der Waals surface area (Å²) >= 11 is 0. The van der Waals surface area contributed by atoms with Gasteiger partial charge in [-0.2, -0.15) is 0 Å². The highest BCUT2D eigenvalue weighted by Gasteiger charge is 2.22. The van der Waals surface area contributed by atoms with E-state index in [1.807, 2.05) is 20.8 Å². The normalized spacial score (nSPS) is 12.5. The first-order valence-corrected chi connectivity index (χ1v) is 9.25. The van der Waals surface area contributed by atoms with Crippen molar-refractivity contribution in [3.63, 3.8) is 0 Å². The van der Waals surface area contributed by atoms with Crippen LogP contribution in [0.25, 0.3) is 11.1 Å². The molecule has 132 valence electrons. The first kappa shape index (κ1) is 17.4. The van der Waals surface area contributed by atoms with Crippen molar-refractivity contribution >= 4 is 26.8 Å². The third-order valence-electron chi connectivity index (χ3n) is 3.66. The monoisotopic (exact) mass is 362 g/mol. The van der Waals surface area contributed by atoms with Gasteiger partial charge >= 0.3 is 0 Å². The standard InChI is InChI=1S/C18H19FN2O3S/c1-11-5-7-13(19)16(9-11)25(22,23)21-12-6-8-15-14(10-12)20-17(24-15)18(2,3)4/h5-10,21H,1-4H3. The summed E-state index contributed by atoms with van der Waals surface area (Å²) in [5.41, 5.74) is 1.79. The predicted octanol–water partition coefficient (Wildman–Crippen LogP) is 4.37. The lowest BCUT2D eigenvalue weighted by atomic mass is 9.97. The van der Waals surface area contributed by atoms with Crippen molar-refractivity contribution in [2.75, 3.05) is 4.72 Å². The van der Waals surface area contributed by atoms with Crippen LogP contribution in [-0.2, 0) is 15.4 Å². The molecule has 0 radical (unpaired) electrons. The van der Waals surface area contributed by atoms with Gasteiger partial charge in [-0.15, -0.1) is 0 Å². The van der Waals surface area contributed by atoms with E-state index in [2.05, 4.69) is 9.71 Å². The number of oxazole rings is 1. The van der Waals surface area contributed by atoms with Crippen LogP contribution in [-0.4, -0.2) is 13.4 Å². The molecule has 2 aromatic carbocycles. The summed E-state index contributed by atoms with van der Waals surface area (Å²) in [5, 5.41) is 0. The predicted molar refractivity (Wildman–Crippen MR) is 94.7 cm³/mol. The number of aryl methyl sites for hydroxylation is 1. The topological polar surface area (TPSA) is 72.2 Å². The number of benzene rings is 2. The molecule has 0 saturated heterocycles. The summed E-state index contributed by atoms with van der Waals surface area (Å²) in [4.78, 5) is 4.02. The second-order valence-corrected chi connectivity index (χ2v) is 8.64. The van der Waals surface area contributed by atoms with Crippen LogP contribution >= 0.6 is 0 Å². The Bertz CT molecular complexity index is 1050. The van der Waals surface area contributed by atoms with Crippen molar-refractivity contribution < 1.29 is 17.2 Å². The highest BCUT2D eigenvalue weighted by Crippen LogP contribution is 2.28. The zero-order valence-electron chi connectivity index (χ0n) is 14.4. The summed E-state index contributed by atoms with van der Waals surface area (Å²) in [6.07, 6.45) is 0. The van der Waals surface area contributed by atoms with Gasteiger partial charge in [0, 0.05) is 5.41 Å². The van der Waals surface area contributed by atoms with Gasteiger partial charge in [-0.05, 0) is 42.8 Å². The quantitative estimate of drug-likeness (QED) is 0.751. The Morgan fingerprint density at radius 1 is 1.12 bits per heavy atom.